The molecule has 3 rings (SSSR count). The summed E-state index contributed by atoms with van der Waals surface area (Å²) in [5.41, 5.74) is 0.700. The van der Waals surface area contributed by atoms with E-state index in [1.807, 2.05) is 30.3 Å². The van der Waals surface area contributed by atoms with Gasteiger partial charge in [0.25, 0.3) is 0 Å². The van der Waals surface area contributed by atoms with E-state index in [0.717, 1.165) is 12.0 Å². The number of carbonyl (C=O) groups is 1. The maximum absolute atomic E-state index is 12.3. The molecule has 22 heavy (non-hydrogen) atoms. The first-order valence-electron chi connectivity index (χ1n) is 7.48. The van der Waals surface area contributed by atoms with E-state index in [9.17, 15) is 4.79 Å². The number of nitriles is 1. The summed E-state index contributed by atoms with van der Waals surface area (Å²) in [7, 11) is 1.68. The Hall–Kier alpha value is -2.26. The lowest BCUT2D eigenvalue weighted by Gasteiger charge is -2.49. The highest BCUT2D eigenvalue weighted by atomic mass is 16.5. The first-order valence-corrected chi connectivity index (χ1v) is 7.48. The molecular formula is C16H20N4O2. The van der Waals surface area contributed by atoms with Gasteiger partial charge in [-0.1, -0.05) is 30.3 Å². The summed E-state index contributed by atoms with van der Waals surface area (Å²) in [6.45, 7) is 2.42. The first-order chi connectivity index (χ1) is 10.7. The number of amides is 2. The normalized spacial score (nSPS) is 22.8. The van der Waals surface area contributed by atoms with Crippen molar-refractivity contribution in [3.63, 3.8) is 0 Å². The average Bonchev–Trinajstić information content (AvgIpc) is 2.95. The molecule has 0 saturated carbocycles. The molecule has 6 nitrogen and oxygen atoms in total. The van der Waals surface area contributed by atoms with Crippen molar-refractivity contribution in [1.29, 1.82) is 5.26 Å². The monoisotopic (exact) mass is 300 g/mol. The van der Waals surface area contributed by atoms with Crippen LogP contribution in [0.15, 0.2) is 30.3 Å². The van der Waals surface area contributed by atoms with Gasteiger partial charge in [-0.3, -0.25) is 0 Å². The lowest BCUT2D eigenvalue weighted by molar-refractivity contribution is -0.111. The molecule has 2 aliphatic heterocycles. The van der Waals surface area contributed by atoms with Gasteiger partial charge >= 0.3 is 6.03 Å². The van der Waals surface area contributed by atoms with Crippen LogP contribution in [0.3, 0.4) is 0 Å². The highest BCUT2D eigenvalue weighted by Gasteiger charge is 2.47. The Morgan fingerprint density at radius 2 is 2.14 bits per heavy atom. The molecule has 1 aromatic rings. The number of ether oxygens (including phenoxy) is 1. The van der Waals surface area contributed by atoms with Gasteiger partial charge in [0.1, 0.15) is 5.60 Å². The maximum atomic E-state index is 12.3. The van der Waals surface area contributed by atoms with Gasteiger partial charge in [-0.05, 0) is 12.0 Å². The summed E-state index contributed by atoms with van der Waals surface area (Å²) in [5, 5.41) is 11.8. The molecule has 2 fully saturated rings. The van der Waals surface area contributed by atoms with Crippen LogP contribution >= 0.6 is 0 Å². The average molecular weight is 300 g/mol. The molecule has 0 radical (unpaired) electrons. The van der Waals surface area contributed by atoms with Crippen molar-refractivity contribution < 1.29 is 9.53 Å². The summed E-state index contributed by atoms with van der Waals surface area (Å²) in [4.78, 5) is 15.7. The molecule has 0 aliphatic carbocycles. The highest BCUT2D eigenvalue weighted by Crippen LogP contribution is 2.35. The number of nitrogens with zero attached hydrogens (tertiary/aromatic N) is 3. The van der Waals surface area contributed by atoms with Gasteiger partial charge in [-0.2, -0.15) is 5.26 Å². The fourth-order valence-electron chi connectivity index (χ4n) is 3.12. The van der Waals surface area contributed by atoms with Crippen molar-refractivity contribution in [2.75, 3.05) is 33.3 Å². The summed E-state index contributed by atoms with van der Waals surface area (Å²) in [6, 6.07) is 9.97. The minimum Gasteiger partial charge on any atom is -0.370 e. The van der Waals surface area contributed by atoms with E-state index in [1.54, 1.807) is 16.9 Å². The number of methoxy groups -OCH3 is 1. The van der Waals surface area contributed by atoms with Gasteiger partial charge < -0.3 is 19.9 Å². The summed E-state index contributed by atoms with van der Waals surface area (Å²) < 4.78 is 5.67. The van der Waals surface area contributed by atoms with Gasteiger partial charge in [0.2, 0.25) is 0 Å². The fourth-order valence-corrected chi connectivity index (χ4v) is 3.12. The number of benzene rings is 1. The van der Waals surface area contributed by atoms with Crippen LogP contribution < -0.4 is 5.32 Å². The van der Waals surface area contributed by atoms with Gasteiger partial charge in [0, 0.05) is 20.2 Å². The first kappa shape index (κ1) is 14.7. The molecule has 2 amide bonds. The number of nitrogens with one attached hydrogen (secondary N) is 1. The Balaban J connectivity index is 1.56. The lowest BCUT2D eigenvalue weighted by Crippen LogP contribution is -2.64. The second-order valence-corrected chi connectivity index (χ2v) is 5.90. The van der Waals surface area contributed by atoms with Crippen molar-refractivity contribution >= 4 is 6.03 Å². The fraction of sp³-hybridized carbons (Fsp3) is 0.500. The van der Waals surface area contributed by atoms with Crippen LogP contribution in [0.1, 0.15) is 12.0 Å². The van der Waals surface area contributed by atoms with E-state index in [0.29, 0.717) is 26.2 Å². The van der Waals surface area contributed by atoms with Crippen molar-refractivity contribution in [3.8, 4) is 6.19 Å². The Morgan fingerprint density at radius 3 is 2.73 bits per heavy atom. The Bertz CT molecular complexity index is 578. The maximum Gasteiger partial charge on any atom is 0.317 e. The van der Waals surface area contributed by atoms with Crippen LogP contribution in [0.25, 0.3) is 0 Å². The number of rotatable bonds is 3. The van der Waals surface area contributed by atoms with E-state index >= 15 is 0 Å². The van der Waals surface area contributed by atoms with Gasteiger partial charge in [0.05, 0.1) is 19.1 Å². The third kappa shape index (κ3) is 2.60. The van der Waals surface area contributed by atoms with Crippen LogP contribution in [0.5, 0.6) is 0 Å². The van der Waals surface area contributed by atoms with E-state index in [-0.39, 0.29) is 12.1 Å². The smallest absolute Gasteiger partial charge is 0.317 e. The van der Waals surface area contributed by atoms with E-state index < -0.39 is 5.60 Å². The molecule has 1 N–H and O–H groups in total. The Morgan fingerprint density at radius 1 is 1.41 bits per heavy atom. The van der Waals surface area contributed by atoms with Crippen molar-refractivity contribution in [3.05, 3.63) is 35.9 Å². The molecule has 1 atom stereocenters. The molecule has 2 saturated heterocycles. The largest absolute Gasteiger partial charge is 0.370 e. The third-order valence-electron chi connectivity index (χ3n) is 4.53. The van der Waals surface area contributed by atoms with Gasteiger partial charge in [0.15, 0.2) is 6.19 Å². The molecule has 0 bridgehead atoms. The SMILES string of the molecule is COC1(c2ccccc2)CN(C(=O)N[C@@H]2CCN(C#N)C2)C1. The topological polar surface area (TPSA) is 68.6 Å². The van der Waals surface area contributed by atoms with Crippen LogP contribution in [0.4, 0.5) is 4.79 Å². The summed E-state index contributed by atoms with van der Waals surface area (Å²) in [5.74, 6) is 0. The summed E-state index contributed by atoms with van der Waals surface area (Å²) in [6.07, 6.45) is 2.94. The zero-order chi connectivity index (χ0) is 15.6. The van der Waals surface area contributed by atoms with Crippen LogP contribution in [-0.4, -0.2) is 55.2 Å². The van der Waals surface area contributed by atoms with Crippen molar-refractivity contribution in [1.82, 2.24) is 15.1 Å². The van der Waals surface area contributed by atoms with Gasteiger partial charge in [-0.15, -0.1) is 0 Å². The predicted molar refractivity (Wildman–Crippen MR) is 80.8 cm³/mol. The van der Waals surface area contributed by atoms with Crippen molar-refractivity contribution in [2.45, 2.75) is 18.1 Å². The molecule has 6 heteroatoms. The van der Waals surface area contributed by atoms with Crippen LogP contribution in [0.2, 0.25) is 0 Å². The zero-order valence-corrected chi connectivity index (χ0v) is 12.7. The lowest BCUT2D eigenvalue weighted by atomic mass is 9.86. The summed E-state index contributed by atoms with van der Waals surface area (Å²) >= 11 is 0. The van der Waals surface area contributed by atoms with E-state index in [4.69, 9.17) is 10.00 Å². The van der Waals surface area contributed by atoms with E-state index in [1.165, 1.54) is 0 Å². The molecular weight excluding hydrogens is 280 g/mol. The number of hydrogen-bond donors (Lipinski definition) is 1. The zero-order valence-electron chi connectivity index (χ0n) is 12.7. The van der Waals surface area contributed by atoms with Crippen molar-refractivity contribution in [2.24, 2.45) is 0 Å². The molecule has 0 spiro atoms. The van der Waals surface area contributed by atoms with Crippen LogP contribution in [-0.2, 0) is 10.3 Å². The predicted octanol–water partition coefficient (Wildman–Crippen LogP) is 1.11. The molecule has 2 heterocycles. The second-order valence-electron chi connectivity index (χ2n) is 5.90. The van der Waals surface area contributed by atoms with E-state index in [2.05, 4.69) is 11.5 Å². The second kappa shape index (κ2) is 5.85. The van der Waals surface area contributed by atoms with Crippen LogP contribution in [0, 0.1) is 11.5 Å². The molecule has 0 aromatic heterocycles. The molecule has 0 unspecified atom stereocenters. The molecule has 116 valence electrons. The number of carbonyl (C=O) groups excluding carboxylic acids is 1. The molecule has 1 aromatic carbocycles. The standard InChI is InChI=1S/C16H20N4O2/c1-22-16(13-5-3-2-4-6-13)10-20(11-16)15(21)18-14-7-8-19(9-14)12-17/h2-6,14H,7-11H2,1H3,(H,18,21)/t14-/m1/s1. The number of hydrogen-bond acceptors (Lipinski definition) is 4. The minimum absolute atomic E-state index is 0.0569. The number of urea groups is 1. The number of likely N-dealkylation sites (tertiary alicyclic amines) is 2. The third-order valence-corrected chi connectivity index (χ3v) is 4.53. The Kier molecular flexibility index (Phi) is 3.90. The molecule has 2 aliphatic rings. The highest BCUT2D eigenvalue weighted by molar-refractivity contribution is 5.76. The quantitative estimate of drug-likeness (QED) is 0.849. The minimum atomic E-state index is -0.396. The van der Waals surface area contributed by atoms with Gasteiger partial charge in [-0.25, -0.2) is 4.79 Å². The Labute approximate surface area is 130 Å².